The highest BCUT2D eigenvalue weighted by Gasteiger charge is 2.16. The van der Waals surface area contributed by atoms with E-state index in [-0.39, 0.29) is 12.0 Å². The molecule has 102 valence electrons. The van der Waals surface area contributed by atoms with Crippen molar-refractivity contribution in [2.45, 2.75) is 33.2 Å². The van der Waals surface area contributed by atoms with Crippen molar-refractivity contribution in [3.8, 4) is 0 Å². The predicted molar refractivity (Wildman–Crippen MR) is 81.4 cm³/mol. The van der Waals surface area contributed by atoms with Gasteiger partial charge in [0.25, 0.3) is 0 Å². The van der Waals surface area contributed by atoms with Crippen LogP contribution >= 0.6 is 31.9 Å². The third-order valence-electron chi connectivity index (χ3n) is 2.79. The standard InChI is InChI=1S/C13H20Br2N2O/c1-13(2,4-3-5-18)9-16-8-12-11(15)6-10(14)7-17-12/h6-7,16,18H,3-5,8-9H2,1-2H3. The molecule has 1 aromatic rings. The molecule has 2 N–H and O–H groups in total. The number of nitrogens with zero attached hydrogens (tertiary/aromatic N) is 1. The molecule has 0 amide bonds. The van der Waals surface area contributed by atoms with E-state index in [0.29, 0.717) is 0 Å². The number of halogens is 2. The van der Waals surface area contributed by atoms with Gasteiger partial charge in [0, 0.05) is 34.8 Å². The second-order valence-corrected chi connectivity index (χ2v) is 6.95. The van der Waals surface area contributed by atoms with Crippen LogP contribution < -0.4 is 5.32 Å². The second kappa shape index (κ2) is 7.58. The topological polar surface area (TPSA) is 45.1 Å². The molecule has 0 fully saturated rings. The van der Waals surface area contributed by atoms with Crippen molar-refractivity contribution >= 4 is 31.9 Å². The first-order chi connectivity index (χ1) is 8.44. The molecule has 0 spiro atoms. The van der Waals surface area contributed by atoms with Gasteiger partial charge in [-0.1, -0.05) is 13.8 Å². The minimum absolute atomic E-state index is 0.199. The molecular weight excluding hydrogens is 360 g/mol. The van der Waals surface area contributed by atoms with Gasteiger partial charge in [-0.05, 0) is 56.2 Å². The van der Waals surface area contributed by atoms with Crippen LogP contribution in [0.3, 0.4) is 0 Å². The van der Waals surface area contributed by atoms with Crippen LogP contribution in [0.25, 0.3) is 0 Å². The van der Waals surface area contributed by atoms with E-state index in [4.69, 9.17) is 5.11 Å². The lowest BCUT2D eigenvalue weighted by Crippen LogP contribution is -2.29. The SMILES string of the molecule is CC(C)(CCCO)CNCc1ncc(Br)cc1Br. The van der Waals surface area contributed by atoms with Gasteiger partial charge in [0.15, 0.2) is 0 Å². The largest absolute Gasteiger partial charge is 0.396 e. The molecule has 1 aromatic heterocycles. The van der Waals surface area contributed by atoms with Crippen LogP contribution in [0.4, 0.5) is 0 Å². The van der Waals surface area contributed by atoms with Gasteiger partial charge in [0.2, 0.25) is 0 Å². The number of hydrogen-bond donors (Lipinski definition) is 2. The summed E-state index contributed by atoms with van der Waals surface area (Å²) in [5.74, 6) is 0. The fourth-order valence-electron chi connectivity index (χ4n) is 1.74. The number of pyridine rings is 1. The van der Waals surface area contributed by atoms with Gasteiger partial charge in [-0.2, -0.15) is 0 Å². The first kappa shape index (κ1) is 16.1. The molecule has 0 radical (unpaired) electrons. The number of nitrogens with one attached hydrogen (secondary N) is 1. The van der Waals surface area contributed by atoms with E-state index in [1.807, 2.05) is 6.07 Å². The molecule has 0 atom stereocenters. The molecule has 1 heterocycles. The molecule has 0 unspecified atom stereocenters. The molecule has 3 nitrogen and oxygen atoms in total. The number of aromatic nitrogens is 1. The fraction of sp³-hybridized carbons (Fsp3) is 0.615. The normalized spacial score (nSPS) is 11.8. The summed E-state index contributed by atoms with van der Waals surface area (Å²) in [4.78, 5) is 4.36. The summed E-state index contributed by atoms with van der Waals surface area (Å²) >= 11 is 6.89. The molecule has 0 aromatic carbocycles. The maximum absolute atomic E-state index is 8.85. The first-order valence-corrected chi connectivity index (χ1v) is 7.65. The van der Waals surface area contributed by atoms with Gasteiger partial charge < -0.3 is 10.4 Å². The molecule has 0 aliphatic carbocycles. The zero-order valence-corrected chi connectivity index (χ0v) is 14.0. The predicted octanol–water partition coefficient (Wildman–Crippen LogP) is 3.49. The van der Waals surface area contributed by atoms with Gasteiger partial charge in [-0.25, -0.2) is 0 Å². The summed E-state index contributed by atoms with van der Waals surface area (Å²) in [5, 5.41) is 12.3. The van der Waals surface area contributed by atoms with E-state index in [9.17, 15) is 0 Å². The summed E-state index contributed by atoms with van der Waals surface area (Å²) in [5.41, 5.74) is 1.21. The third-order valence-corrected chi connectivity index (χ3v) is 3.91. The van der Waals surface area contributed by atoms with Crippen molar-refractivity contribution in [2.24, 2.45) is 5.41 Å². The van der Waals surface area contributed by atoms with Gasteiger partial charge >= 0.3 is 0 Å². The maximum atomic E-state index is 8.85. The van der Waals surface area contributed by atoms with Gasteiger partial charge in [0.1, 0.15) is 0 Å². The van der Waals surface area contributed by atoms with Crippen molar-refractivity contribution in [1.82, 2.24) is 10.3 Å². The Balaban J connectivity index is 2.41. The molecular formula is C13H20Br2N2O. The highest BCUT2D eigenvalue weighted by molar-refractivity contribution is 9.11. The highest BCUT2D eigenvalue weighted by Crippen LogP contribution is 2.22. The Morgan fingerprint density at radius 1 is 1.39 bits per heavy atom. The average Bonchev–Trinajstić information content (AvgIpc) is 2.29. The van der Waals surface area contributed by atoms with E-state index in [0.717, 1.165) is 40.6 Å². The first-order valence-electron chi connectivity index (χ1n) is 6.06. The van der Waals surface area contributed by atoms with Gasteiger partial charge in [-0.15, -0.1) is 0 Å². The van der Waals surface area contributed by atoms with Crippen molar-refractivity contribution < 1.29 is 5.11 Å². The molecule has 0 saturated heterocycles. The second-order valence-electron chi connectivity index (χ2n) is 5.18. The van der Waals surface area contributed by atoms with Crippen molar-refractivity contribution in [3.63, 3.8) is 0 Å². The van der Waals surface area contributed by atoms with Crippen LogP contribution in [0.5, 0.6) is 0 Å². The summed E-state index contributed by atoms with van der Waals surface area (Å²) in [6, 6.07) is 2.00. The van der Waals surface area contributed by atoms with E-state index in [1.54, 1.807) is 6.20 Å². The fourth-order valence-corrected chi connectivity index (χ4v) is 2.87. The van der Waals surface area contributed by atoms with Crippen LogP contribution in [-0.4, -0.2) is 23.2 Å². The van der Waals surface area contributed by atoms with E-state index in [2.05, 4.69) is 56.0 Å². The summed E-state index contributed by atoms with van der Waals surface area (Å²) in [7, 11) is 0. The molecule has 0 bridgehead atoms. The zero-order valence-electron chi connectivity index (χ0n) is 10.8. The molecule has 0 saturated carbocycles. The average molecular weight is 380 g/mol. The lowest BCUT2D eigenvalue weighted by molar-refractivity contribution is 0.236. The van der Waals surface area contributed by atoms with Crippen LogP contribution in [0.1, 0.15) is 32.4 Å². The number of hydrogen-bond acceptors (Lipinski definition) is 3. The Kier molecular flexibility index (Phi) is 6.77. The minimum atomic E-state index is 0.199. The van der Waals surface area contributed by atoms with Crippen molar-refractivity contribution in [2.75, 3.05) is 13.2 Å². The Hall–Kier alpha value is 0.0300. The Bertz CT molecular complexity index is 383. The molecule has 1 rings (SSSR count). The number of rotatable bonds is 7. The molecule has 0 aliphatic heterocycles. The number of aliphatic hydroxyl groups excluding tert-OH is 1. The van der Waals surface area contributed by atoms with E-state index in [1.165, 1.54) is 0 Å². The lowest BCUT2D eigenvalue weighted by Gasteiger charge is -2.24. The van der Waals surface area contributed by atoms with E-state index >= 15 is 0 Å². The lowest BCUT2D eigenvalue weighted by atomic mass is 9.88. The Labute approximate surface area is 126 Å². The van der Waals surface area contributed by atoms with Crippen LogP contribution in [0.15, 0.2) is 21.2 Å². The highest BCUT2D eigenvalue weighted by atomic mass is 79.9. The quantitative estimate of drug-likeness (QED) is 0.762. The van der Waals surface area contributed by atoms with Crippen LogP contribution in [0.2, 0.25) is 0 Å². The van der Waals surface area contributed by atoms with Crippen LogP contribution in [0, 0.1) is 5.41 Å². The minimum Gasteiger partial charge on any atom is -0.396 e. The van der Waals surface area contributed by atoms with Crippen LogP contribution in [-0.2, 0) is 6.54 Å². The smallest absolute Gasteiger partial charge is 0.0684 e. The van der Waals surface area contributed by atoms with Crippen molar-refractivity contribution in [3.05, 3.63) is 26.9 Å². The molecule has 5 heteroatoms. The van der Waals surface area contributed by atoms with Crippen molar-refractivity contribution in [1.29, 1.82) is 0 Å². The maximum Gasteiger partial charge on any atom is 0.0684 e. The summed E-state index contributed by atoms with van der Waals surface area (Å²) < 4.78 is 1.99. The van der Waals surface area contributed by atoms with E-state index < -0.39 is 0 Å². The Morgan fingerprint density at radius 3 is 2.72 bits per heavy atom. The van der Waals surface area contributed by atoms with Gasteiger partial charge in [-0.3, -0.25) is 4.98 Å². The summed E-state index contributed by atoms with van der Waals surface area (Å²) in [6.45, 7) is 6.34. The summed E-state index contributed by atoms with van der Waals surface area (Å²) in [6.07, 6.45) is 3.68. The molecule has 0 aliphatic rings. The monoisotopic (exact) mass is 378 g/mol. The third kappa shape index (κ3) is 5.78. The zero-order chi connectivity index (χ0) is 13.6. The Morgan fingerprint density at radius 2 is 2.11 bits per heavy atom. The van der Waals surface area contributed by atoms with Gasteiger partial charge in [0.05, 0.1) is 5.69 Å². The molecule has 18 heavy (non-hydrogen) atoms. The number of aliphatic hydroxyl groups is 1.